The molecule has 0 aliphatic carbocycles. The fraction of sp³-hybridized carbons (Fsp3) is 0.353. The molecule has 0 amide bonds. The van der Waals surface area contributed by atoms with Crippen molar-refractivity contribution in [2.75, 3.05) is 0 Å². The Morgan fingerprint density at radius 1 is 0.615 bits per heavy atom. The summed E-state index contributed by atoms with van der Waals surface area (Å²) in [6.45, 7) is -0.847. The van der Waals surface area contributed by atoms with Crippen LogP contribution in [0.25, 0.3) is 10.8 Å². The van der Waals surface area contributed by atoms with E-state index in [0.717, 1.165) is 36.3 Å². The van der Waals surface area contributed by atoms with Crippen molar-refractivity contribution in [1.29, 1.82) is 0 Å². The van der Waals surface area contributed by atoms with Crippen LogP contribution >= 0.6 is 0 Å². The summed E-state index contributed by atoms with van der Waals surface area (Å²) in [5.41, 5.74) is 4.99. The SMILES string of the molecule is CCCCCCCc1ccc(CCc2ccc3c(F)c(CCc4ccc(OC(F)F)c(F)c4)ccc3c2)cc1. The molecule has 0 spiro atoms. The van der Waals surface area contributed by atoms with Gasteiger partial charge in [-0.1, -0.05) is 93.3 Å². The Kier molecular flexibility index (Phi) is 10.4. The molecular formula is C34H36F4O. The van der Waals surface area contributed by atoms with Crippen LogP contribution in [0.3, 0.4) is 0 Å². The molecule has 4 aromatic rings. The number of unbranched alkanes of at least 4 members (excludes halogenated alkanes) is 4. The summed E-state index contributed by atoms with van der Waals surface area (Å²) < 4.78 is 58.1. The molecule has 39 heavy (non-hydrogen) atoms. The predicted octanol–water partition coefficient (Wildman–Crippen LogP) is 9.80. The minimum absolute atomic E-state index is 0.276. The van der Waals surface area contributed by atoms with Crippen molar-refractivity contribution >= 4 is 10.8 Å². The molecule has 4 rings (SSSR count). The van der Waals surface area contributed by atoms with Gasteiger partial charge in [0.25, 0.3) is 0 Å². The van der Waals surface area contributed by atoms with Gasteiger partial charge in [-0.05, 0) is 83.9 Å². The fourth-order valence-corrected chi connectivity index (χ4v) is 5.00. The molecule has 0 bridgehead atoms. The maximum atomic E-state index is 15.3. The highest BCUT2D eigenvalue weighted by Crippen LogP contribution is 2.26. The van der Waals surface area contributed by atoms with Gasteiger partial charge >= 0.3 is 6.61 Å². The minimum atomic E-state index is -3.08. The molecule has 0 N–H and O–H groups in total. The van der Waals surface area contributed by atoms with E-state index in [9.17, 15) is 13.2 Å². The third kappa shape index (κ3) is 8.32. The summed E-state index contributed by atoms with van der Waals surface area (Å²) in [6, 6.07) is 22.3. The zero-order valence-electron chi connectivity index (χ0n) is 22.5. The maximum Gasteiger partial charge on any atom is 0.387 e. The number of aryl methyl sites for hydroxylation is 5. The van der Waals surface area contributed by atoms with Crippen LogP contribution in [0.5, 0.6) is 5.75 Å². The minimum Gasteiger partial charge on any atom is -0.432 e. The van der Waals surface area contributed by atoms with Gasteiger partial charge in [-0.15, -0.1) is 0 Å². The highest BCUT2D eigenvalue weighted by Gasteiger charge is 2.12. The Labute approximate surface area is 228 Å². The Balaban J connectivity index is 1.32. The highest BCUT2D eigenvalue weighted by molar-refractivity contribution is 5.84. The van der Waals surface area contributed by atoms with Crippen molar-refractivity contribution in [2.45, 2.75) is 77.7 Å². The normalized spacial score (nSPS) is 11.4. The van der Waals surface area contributed by atoms with Crippen LogP contribution in [0.4, 0.5) is 17.6 Å². The van der Waals surface area contributed by atoms with Crippen LogP contribution in [0.15, 0.2) is 72.8 Å². The van der Waals surface area contributed by atoms with E-state index in [2.05, 4.69) is 35.9 Å². The number of hydrogen-bond acceptors (Lipinski definition) is 1. The van der Waals surface area contributed by atoms with Gasteiger partial charge in [0.05, 0.1) is 0 Å². The molecule has 0 saturated carbocycles. The monoisotopic (exact) mass is 536 g/mol. The second-order valence-electron chi connectivity index (χ2n) is 10.2. The van der Waals surface area contributed by atoms with E-state index in [-0.39, 0.29) is 5.82 Å². The maximum absolute atomic E-state index is 15.3. The van der Waals surface area contributed by atoms with Gasteiger partial charge in [-0.2, -0.15) is 8.78 Å². The largest absolute Gasteiger partial charge is 0.432 e. The first-order chi connectivity index (χ1) is 18.9. The zero-order chi connectivity index (χ0) is 27.6. The van der Waals surface area contributed by atoms with Crippen molar-refractivity contribution in [3.63, 3.8) is 0 Å². The molecule has 4 aromatic carbocycles. The lowest BCUT2D eigenvalue weighted by atomic mass is 9.97. The van der Waals surface area contributed by atoms with Gasteiger partial charge in [0.15, 0.2) is 11.6 Å². The molecule has 0 unspecified atom stereocenters. The van der Waals surface area contributed by atoms with Crippen LogP contribution in [0.2, 0.25) is 0 Å². The summed E-state index contributed by atoms with van der Waals surface area (Å²) in [7, 11) is 0. The van der Waals surface area contributed by atoms with E-state index in [1.165, 1.54) is 55.4 Å². The molecule has 206 valence electrons. The standard InChI is InChI=1S/C34H36F4O/c1-2-3-4-5-6-7-24-8-10-25(11-9-24)12-13-26-15-20-30-29(22-26)19-18-28(33(30)36)17-14-27-16-21-32(31(35)23-27)39-34(37)38/h8-11,15-16,18-23,34H,2-7,12-14,17H2,1H3. The van der Waals surface area contributed by atoms with E-state index in [1.807, 2.05) is 24.3 Å². The molecule has 0 aliphatic rings. The average Bonchev–Trinajstić information content (AvgIpc) is 2.93. The molecule has 5 heteroatoms. The van der Waals surface area contributed by atoms with Gasteiger partial charge in [0, 0.05) is 5.39 Å². The van der Waals surface area contributed by atoms with Gasteiger partial charge in [0.2, 0.25) is 0 Å². The fourth-order valence-electron chi connectivity index (χ4n) is 5.00. The summed E-state index contributed by atoms with van der Waals surface area (Å²) in [5, 5.41) is 1.41. The number of hydrogen-bond donors (Lipinski definition) is 0. The molecule has 1 nitrogen and oxygen atoms in total. The first-order valence-corrected chi connectivity index (χ1v) is 13.9. The lowest BCUT2D eigenvalue weighted by molar-refractivity contribution is -0.0522. The van der Waals surface area contributed by atoms with Crippen molar-refractivity contribution in [2.24, 2.45) is 0 Å². The van der Waals surface area contributed by atoms with Gasteiger partial charge < -0.3 is 4.74 Å². The molecule has 0 heterocycles. The van der Waals surface area contributed by atoms with E-state index >= 15 is 4.39 Å². The number of benzene rings is 4. The zero-order valence-corrected chi connectivity index (χ0v) is 22.5. The molecule has 0 fully saturated rings. The Bertz CT molecular complexity index is 1350. The summed E-state index contributed by atoms with van der Waals surface area (Å²) in [6.07, 6.45) is 10.2. The number of fused-ring (bicyclic) bond motifs is 1. The van der Waals surface area contributed by atoms with E-state index in [0.29, 0.717) is 29.4 Å². The molecule has 0 aliphatic heterocycles. The Morgan fingerprint density at radius 2 is 1.23 bits per heavy atom. The lowest BCUT2D eigenvalue weighted by Crippen LogP contribution is -2.04. The quantitative estimate of drug-likeness (QED) is 0.115. The van der Waals surface area contributed by atoms with E-state index in [4.69, 9.17) is 0 Å². The Hall–Kier alpha value is -3.34. The number of ether oxygens (including phenoxy) is 1. The van der Waals surface area contributed by atoms with Crippen LogP contribution in [0.1, 0.15) is 66.8 Å². The second kappa shape index (κ2) is 14.2. The first kappa shape index (κ1) is 28.7. The van der Waals surface area contributed by atoms with Gasteiger partial charge in [-0.3, -0.25) is 0 Å². The predicted molar refractivity (Wildman–Crippen MR) is 151 cm³/mol. The topological polar surface area (TPSA) is 9.23 Å². The molecule has 0 saturated heterocycles. The highest BCUT2D eigenvalue weighted by atomic mass is 19.3. The summed E-state index contributed by atoms with van der Waals surface area (Å²) >= 11 is 0. The second-order valence-corrected chi connectivity index (χ2v) is 10.2. The number of rotatable bonds is 14. The van der Waals surface area contributed by atoms with Crippen LogP contribution in [-0.2, 0) is 32.1 Å². The van der Waals surface area contributed by atoms with Crippen molar-refractivity contribution in [1.82, 2.24) is 0 Å². The van der Waals surface area contributed by atoms with Gasteiger partial charge in [-0.25, -0.2) is 8.78 Å². The average molecular weight is 537 g/mol. The summed E-state index contributed by atoms with van der Waals surface area (Å²) in [4.78, 5) is 0. The van der Waals surface area contributed by atoms with Crippen molar-refractivity contribution in [3.05, 3.63) is 112 Å². The lowest BCUT2D eigenvalue weighted by Gasteiger charge is -2.10. The van der Waals surface area contributed by atoms with Crippen LogP contribution in [0, 0.1) is 11.6 Å². The molecular weight excluding hydrogens is 500 g/mol. The van der Waals surface area contributed by atoms with Crippen LogP contribution in [-0.4, -0.2) is 6.61 Å². The Morgan fingerprint density at radius 3 is 1.95 bits per heavy atom. The van der Waals surface area contributed by atoms with E-state index in [1.54, 1.807) is 6.07 Å². The molecule has 0 atom stereocenters. The smallest absolute Gasteiger partial charge is 0.387 e. The van der Waals surface area contributed by atoms with Crippen LogP contribution < -0.4 is 4.74 Å². The third-order valence-corrected chi connectivity index (χ3v) is 7.29. The molecule has 0 aromatic heterocycles. The molecule has 0 radical (unpaired) electrons. The third-order valence-electron chi connectivity index (χ3n) is 7.29. The number of alkyl halides is 2. The van der Waals surface area contributed by atoms with E-state index < -0.39 is 18.2 Å². The van der Waals surface area contributed by atoms with Gasteiger partial charge in [0.1, 0.15) is 5.82 Å². The number of halogens is 4. The summed E-state index contributed by atoms with van der Waals surface area (Å²) in [5.74, 6) is -1.62. The first-order valence-electron chi connectivity index (χ1n) is 13.9. The van der Waals surface area contributed by atoms with Crippen molar-refractivity contribution in [3.8, 4) is 5.75 Å². The van der Waals surface area contributed by atoms with Crippen molar-refractivity contribution < 1.29 is 22.3 Å².